The Morgan fingerprint density at radius 1 is 1.00 bits per heavy atom. The third-order valence-electron chi connectivity index (χ3n) is 2.85. The molecule has 94 valence electrons. The second-order valence-electron chi connectivity index (χ2n) is 4.29. The molecule has 0 aliphatic rings. The minimum atomic E-state index is -0.290. The third kappa shape index (κ3) is 3.64. The van der Waals surface area contributed by atoms with Crippen LogP contribution in [0.4, 0.5) is 4.39 Å². The lowest BCUT2D eigenvalue weighted by Crippen LogP contribution is -2.12. The van der Waals surface area contributed by atoms with Crippen molar-refractivity contribution in [3.63, 3.8) is 0 Å². The molecule has 0 saturated heterocycles. The first-order chi connectivity index (χ1) is 8.78. The molecule has 1 N–H and O–H groups in total. The van der Waals surface area contributed by atoms with E-state index in [1.165, 1.54) is 23.4 Å². The highest BCUT2D eigenvalue weighted by molar-refractivity contribution is 5.22. The molecule has 0 bridgehead atoms. The summed E-state index contributed by atoms with van der Waals surface area (Å²) in [6.07, 6.45) is 3.95. The van der Waals surface area contributed by atoms with Gasteiger partial charge in [-0.15, -0.1) is 0 Å². The van der Waals surface area contributed by atoms with Gasteiger partial charge in [0, 0.05) is 19.3 Å². The fourth-order valence-electron chi connectivity index (χ4n) is 1.80. The standard InChI is InChI=1S/C15H17FN2/c1-2-12-3-5-13(6-4-12)8-17-9-14-7-15(16)11-18-10-14/h3-7,10-11,17H,2,8-9H2,1H3. The molecule has 1 aromatic carbocycles. The number of rotatable bonds is 5. The molecule has 3 heteroatoms. The van der Waals surface area contributed by atoms with E-state index in [0.29, 0.717) is 6.54 Å². The Labute approximate surface area is 107 Å². The zero-order chi connectivity index (χ0) is 12.8. The Bertz CT molecular complexity index is 494. The molecule has 0 aliphatic carbocycles. The first-order valence-corrected chi connectivity index (χ1v) is 6.16. The summed E-state index contributed by atoms with van der Waals surface area (Å²) in [5.74, 6) is -0.290. The average Bonchev–Trinajstić information content (AvgIpc) is 2.40. The molecular formula is C15H17FN2. The zero-order valence-electron chi connectivity index (χ0n) is 10.5. The predicted octanol–water partition coefficient (Wildman–Crippen LogP) is 3.07. The van der Waals surface area contributed by atoms with Crippen LogP contribution in [-0.4, -0.2) is 4.98 Å². The van der Waals surface area contributed by atoms with Gasteiger partial charge in [-0.05, 0) is 29.2 Å². The van der Waals surface area contributed by atoms with E-state index < -0.39 is 0 Å². The maximum atomic E-state index is 12.9. The van der Waals surface area contributed by atoms with Crippen molar-refractivity contribution in [1.82, 2.24) is 10.3 Å². The van der Waals surface area contributed by atoms with Crippen LogP contribution in [0.25, 0.3) is 0 Å². The van der Waals surface area contributed by atoms with Crippen LogP contribution in [-0.2, 0) is 19.5 Å². The predicted molar refractivity (Wildman–Crippen MR) is 70.6 cm³/mol. The maximum Gasteiger partial charge on any atom is 0.141 e. The maximum absolute atomic E-state index is 12.9. The molecule has 1 aromatic heterocycles. The van der Waals surface area contributed by atoms with Gasteiger partial charge in [0.2, 0.25) is 0 Å². The topological polar surface area (TPSA) is 24.9 Å². The van der Waals surface area contributed by atoms with Crippen molar-refractivity contribution in [2.75, 3.05) is 0 Å². The van der Waals surface area contributed by atoms with Gasteiger partial charge >= 0.3 is 0 Å². The van der Waals surface area contributed by atoms with Crippen molar-refractivity contribution in [2.24, 2.45) is 0 Å². The van der Waals surface area contributed by atoms with E-state index in [-0.39, 0.29) is 5.82 Å². The Morgan fingerprint density at radius 2 is 1.67 bits per heavy atom. The summed E-state index contributed by atoms with van der Waals surface area (Å²) in [6, 6.07) is 10.0. The van der Waals surface area contributed by atoms with E-state index in [1.54, 1.807) is 6.20 Å². The fourth-order valence-corrected chi connectivity index (χ4v) is 1.80. The summed E-state index contributed by atoms with van der Waals surface area (Å²) in [6.45, 7) is 3.55. The van der Waals surface area contributed by atoms with Crippen molar-refractivity contribution in [3.05, 3.63) is 65.2 Å². The van der Waals surface area contributed by atoms with E-state index >= 15 is 0 Å². The molecule has 0 saturated carbocycles. The number of nitrogens with one attached hydrogen (secondary N) is 1. The van der Waals surface area contributed by atoms with Gasteiger partial charge in [0.25, 0.3) is 0 Å². The second-order valence-corrected chi connectivity index (χ2v) is 4.29. The van der Waals surface area contributed by atoms with Gasteiger partial charge < -0.3 is 5.32 Å². The molecule has 2 aromatic rings. The minimum absolute atomic E-state index is 0.290. The molecule has 18 heavy (non-hydrogen) atoms. The quantitative estimate of drug-likeness (QED) is 0.874. The summed E-state index contributed by atoms with van der Waals surface area (Å²) < 4.78 is 12.9. The van der Waals surface area contributed by atoms with E-state index in [1.807, 2.05) is 0 Å². The molecule has 0 amide bonds. The Hall–Kier alpha value is -1.74. The van der Waals surface area contributed by atoms with Crippen LogP contribution in [0.3, 0.4) is 0 Å². The molecule has 2 rings (SSSR count). The smallest absolute Gasteiger partial charge is 0.141 e. The molecule has 2 nitrogen and oxygen atoms in total. The van der Waals surface area contributed by atoms with Crippen molar-refractivity contribution < 1.29 is 4.39 Å². The monoisotopic (exact) mass is 244 g/mol. The van der Waals surface area contributed by atoms with E-state index in [4.69, 9.17) is 0 Å². The van der Waals surface area contributed by atoms with Crippen molar-refractivity contribution >= 4 is 0 Å². The van der Waals surface area contributed by atoms with Gasteiger partial charge in [0.1, 0.15) is 5.82 Å². The molecule has 0 atom stereocenters. The van der Waals surface area contributed by atoms with Gasteiger partial charge in [-0.3, -0.25) is 4.98 Å². The van der Waals surface area contributed by atoms with Crippen molar-refractivity contribution in [3.8, 4) is 0 Å². The van der Waals surface area contributed by atoms with Crippen LogP contribution in [0.15, 0.2) is 42.7 Å². The summed E-state index contributed by atoms with van der Waals surface area (Å²) >= 11 is 0. The third-order valence-corrected chi connectivity index (χ3v) is 2.85. The Kier molecular flexibility index (Phi) is 4.42. The molecular weight excluding hydrogens is 227 g/mol. The Morgan fingerprint density at radius 3 is 2.33 bits per heavy atom. The van der Waals surface area contributed by atoms with Crippen LogP contribution < -0.4 is 5.32 Å². The van der Waals surface area contributed by atoms with Gasteiger partial charge in [-0.2, -0.15) is 0 Å². The van der Waals surface area contributed by atoms with Crippen molar-refractivity contribution in [2.45, 2.75) is 26.4 Å². The number of halogens is 1. The largest absolute Gasteiger partial charge is 0.309 e. The number of nitrogens with zero attached hydrogens (tertiary/aromatic N) is 1. The van der Waals surface area contributed by atoms with Gasteiger partial charge in [-0.1, -0.05) is 31.2 Å². The average molecular weight is 244 g/mol. The highest BCUT2D eigenvalue weighted by Crippen LogP contribution is 2.05. The first kappa shape index (κ1) is 12.7. The number of pyridine rings is 1. The number of aromatic nitrogens is 1. The van der Waals surface area contributed by atoms with Gasteiger partial charge in [0.05, 0.1) is 6.20 Å². The number of aryl methyl sites for hydroxylation is 1. The number of benzene rings is 1. The molecule has 0 spiro atoms. The van der Waals surface area contributed by atoms with E-state index in [9.17, 15) is 4.39 Å². The summed E-state index contributed by atoms with van der Waals surface area (Å²) in [4.78, 5) is 3.82. The van der Waals surface area contributed by atoms with Crippen LogP contribution in [0.2, 0.25) is 0 Å². The lowest BCUT2D eigenvalue weighted by molar-refractivity contribution is 0.612. The van der Waals surface area contributed by atoms with E-state index in [0.717, 1.165) is 18.5 Å². The Balaban J connectivity index is 1.84. The number of hydrogen-bond donors (Lipinski definition) is 1. The second kappa shape index (κ2) is 6.26. The van der Waals surface area contributed by atoms with Gasteiger partial charge in [0.15, 0.2) is 0 Å². The van der Waals surface area contributed by atoms with Crippen LogP contribution >= 0.6 is 0 Å². The highest BCUT2D eigenvalue weighted by atomic mass is 19.1. The zero-order valence-corrected chi connectivity index (χ0v) is 10.5. The molecule has 0 radical (unpaired) electrons. The lowest BCUT2D eigenvalue weighted by Gasteiger charge is -2.05. The van der Waals surface area contributed by atoms with Crippen LogP contribution in [0.5, 0.6) is 0 Å². The SMILES string of the molecule is CCc1ccc(CNCc2cncc(F)c2)cc1. The first-order valence-electron chi connectivity index (χ1n) is 6.16. The van der Waals surface area contributed by atoms with E-state index in [2.05, 4.69) is 41.5 Å². The van der Waals surface area contributed by atoms with Gasteiger partial charge in [-0.25, -0.2) is 4.39 Å². The summed E-state index contributed by atoms with van der Waals surface area (Å²) in [7, 11) is 0. The highest BCUT2D eigenvalue weighted by Gasteiger charge is 1.97. The number of hydrogen-bond acceptors (Lipinski definition) is 2. The molecule has 0 aliphatic heterocycles. The lowest BCUT2D eigenvalue weighted by atomic mass is 10.1. The molecule has 0 fully saturated rings. The van der Waals surface area contributed by atoms with Crippen molar-refractivity contribution in [1.29, 1.82) is 0 Å². The van der Waals surface area contributed by atoms with Crippen LogP contribution in [0, 0.1) is 5.82 Å². The molecule has 1 heterocycles. The fraction of sp³-hybridized carbons (Fsp3) is 0.267. The summed E-state index contributed by atoms with van der Waals surface area (Å²) in [5.41, 5.74) is 3.44. The minimum Gasteiger partial charge on any atom is -0.309 e. The molecule has 0 unspecified atom stereocenters. The van der Waals surface area contributed by atoms with Crippen LogP contribution in [0.1, 0.15) is 23.6 Å². The normalized spacial score (nSPS) is 10.6. The summed E-state index contributed by atoms with van der Waals surface area (Å²) in [5, 5.41) is 3.28.